The molecule has 0 saturated carbocycles. The van der Waals surface area contributed by atoms with E-state index < -0.39 is 0 Å². The maximum Gasteiger partial charge on any atom is 0.240 e. The fourth-order valence-electron chi connectivity index (χ4n) is 3.47. The minimum atomic E-state index is 0.0965. The van der Waals surface area contributed by atoms with Crippen LogP contribution in [0.5, 0.6) is 0 Å². The maximum atomic E-state index is 12.8. The second-order valence-corrected chi connectivity index (χ2v) is 7.34. The lowest BCUT2D eigenvalue weighted by atomic mass is 10.0. The van der Waals surface area contributed by atoms with Gasteiger partial charge in [-0.1, -0.05) is 5.16 Å². The van der Waals surface area contributed by atoms with Crippen LogP contribution in [-0.4, -0.2) is 45.5 Å². The molecular formula is C16H20N4O2S. The summed E-state index contributed by atoms with van der Waals surface area (Å²) in [6.45, 7) is 5.78. The molecule has 2 aromatic rings. The van der Waals surface area contributed by atoms with E-state index >= 15 is 0 Å². The van der Waals surface area contributed by atoms with E-state index in [1.165, 1.54) is 10.4 Å². The largest absolute Gasteiger partial charge is 0.338 e. The molecule has 122 valence electrons. The molecule has 4 rings (SSSR count). The first kappa shape index (κ1) is 14.8. The van der Waals surface area contributed by atoms with Crippen molar-refractivity contribution in [3.8, 4) is 0 Å². The average molecular weight is 332 g/mol. The summed E-state index contributed by atoms with van der Waals surface area (Å²) in [5.74, 6) is 1.69. The van der Waals surface area contributed by atoms with Gasteiger partial charge in [0.05, 0.1) is 12.5 Å². The van der Waals surface area contributed by atoms with Gasteiger partial charge >= 0.3 is 0 Å². The molecule has 1 unspecified atom stereocenters. The van der Waals surface area contributed by atoms with E-state index in [-0.39, 0.29) is 5.92 Å². The Kier molecular flexibility index (Phi) is 3.90. The highest BCUT2D eigenvalue weighted by atomic mass is 32.1. The molecule has 23 heavy (non-hydrogen) atoms. The zero-order valence-corrected chi connectivity index (χ0v) is 14.0. The summed E-state index contributed by atoms with van der Waals surface area (Å²) in [5, 5.41) is 5.94. The Morgan fingerprint density at radius 1 is 1.48 bits per heavy atom. The molecule has 1 amide bonds. The number of likely N-dealkylation sites (tertiary alicyclic amines) is 1. The minimum Gasteiger partial charge on any atom is -0.338 e. The van der Waals surface area contributed by atoms with Crippen molar-refractivity contribution in [1.82, 2.24) is 19.9 Å². The van der Waals surface area contributed by atoms with Gasteiger partial charge in [-0.2, -0.15) is 4.98 Å². The molecule has 2 aliphatic rings. The van der Waals surface area contributed by atoms with Crippen LogP contribution in [-0.2, 0) is 24.3 Å². The summed E-state index contributed by atoms with van der Waals surface area (Å²) < 4.78 is 5.17. The van der Waals surface area contributed by atoms with Crippen LogP contribution in [0.1, 0.15) is 28.6 Å². The standard InChI is InChI=1S/C16H20N4O2S/c1-11-17-15(22-18-11)10-19-5-2-13(8-19)16(21)20-6-3-14-12(9-20)4-7-23-14/h4,7,13H,2-3,5-6,8-10H2,1H3. The van der Waals surface area contributed by atoms with E-state index in [1.807, 2.05) is 11.8 Å². The number of carbonyl (C=O) groups excluding carboxylic acids is 1. The number of thiophene rings is 1. The minimum absolute atomic E-state index is 0.0965. The molecule has 1 saturated heterocycles. The smallest absolute Gasteiger partial charge is 0.240 e. The lowest BCUT2D eigenvalue weighted by Gasteiger charge is -2.29. The van der Waals surface area contributed by atoms with Crippen molar-refractivity contribution in [2.24, 2.45) is 5.92 Å². The Hall–Kier alpha value is -1.73. The van der Waals surface area contributed by atoms with Crippen LogP contribution in [0.3, 0.4) is 0 Å². The van der Waals surface area contributed by atoms with E-state index in [9.17, 15) is 4.79 Å². The Labute approximate surface area is 139 Å². The van der Waals surface area contributed by atoms with Gasteiger partial charge in [0.15, 0.2) is 5.82 Å². The van der Waals surface area contributed by atoms with Crippen molar-refractivity contribution in [1.29, 1.82) is 0 Å². The Bertz CT molecular complexity index is 711. The van der Waals surface area contributed by atoms with Gasteiger partial charge in [-0.05, 0) is 43.3 Å². The second kappa shape index (κ2) is 6.05. The van der Waals surface area contributed by atoms with Crippen LogP contribution in [0.25, 0.3) is 0 Å². The van der Waals surface area contributed by atoms with Gasteiger partial charge in [0.2, 0.25) is 11.8 Å². The summed E-state index contributed by atoms with van der Waals surface area (Å²) in [6, 6.07) is 2.15. The Balaban J connectivity index is 1.35. The molecule has 1 fully saturated rings. The molecule has 0 bridgehead atoms. The van der Waals surface area contributed by atoms with Gasteiger partial charge in [0, 0.05) is 24.5 Å². The first-order chi connectivity index (χ1) is 11.2. The van der Waals surface area contributed by atoms with Gasteiger partial charge in [-0.25, -0.2) is 0 Å². The Morgan fingerprint density at radius 2 is 2.39 bits per heavy atom. The highest BCUT2D eigenvalue weighted by molar-refractivity contribution is 7.10. The lowest BCUT2D eigenvalue weighted by Crippen LogP contribution is -2.40. The van der Waals surface area contributed by atoms with Crippen molar-refractivity contribution in [2.75, 3.05) is 19.6 Å². The zero-order chi connectivity index (χ0) is 15.8. The fraction of sp³-hybridized carbons (Fsp3) is 0.562. The number of aryl methyl sites for hydroxylation is 1. The third kappa shape index (κ3) is 3.03. The normalized spacial score (nSPS) is 21.6. The molecule has 6 nitrogen and oxygen atoms in total. The number of hydrogen-bond donors (Lipinski definition) is 0. The molecule has 0 aromatic carbocycles. The molecule has 1 atom stereocenters. The highest BCUT2D eigenvalue weighted by Crippen LogP contribution is 2.27. The van der Waals surface area contributed by atoms with Crippen LogP contribution >= 0.6 is 11.3 Å². The van der Waals surface area contributed by atoms with E-state index in [4.69, 9.17) is 4.52 Å². The van der Waals surface area contributed by atoms with Crippen molar-refractivity contribution in [3.05, 3.63) is 33.6 Å². The van der Waals surface area contributed by atoms with Crippen LogP contribution in [0, 0.1) is 12.8 Å². The van der Waals surface area contributed by atoms with Crippen molar-refractivity contribution in [2.45, 2.75) is 32.9 Å². The van der Waals surface area contributed by atoms with Crippen molar-refractivity contribution >= 4 is 17.2 Å². The predicted molar refractivity (Wildman–Crippen MR) is 85.9 cm³/mol. The number of nitrogens with zero attached hydrogens (tertiary/aromatic N) is 4. The van der Waals surface area contributed by atoms with Crippen LogP contribution in [0.4, 0.5) is 0 Å². The third-order valence-electron chi connectivity index (χ3n) is 4.67. The third-order valence-corrected chi connectivity index (χ3v) is 5.69. The summed E-state index contributed by atoms with van der Waals surface area (Å²) in [5.41, 5.74) is 1.32. The van der Waals surface area contributed by atoms with Gasteiger partial charge in [-0.15, -0.1) is 11.3 Å². The van der Waals surface area contributed by atoms with Gasteiger partial charge in [0.25, 0.3) is 0 Å². The first-order valence-electron chi connectivity index (χ1n) is 8.04. The van der Waals surface area contributed by atoms with Gasteiger partial charge < -0.3 is 9.42 Å². The predicted octanol–water partition coefficient (Wildman–Crippen LogP) is 1.85. The summed E-state index contributed by atoms with van der Waals surface area (Å²) in [6.07, 6.45) is 1.91. The van der Waals surface area contributed by atoms with E-state index in [1.54, 1.807) is 11.3 Å². The number of amides is 1. The van der Waals surface area contributed by atoms with Crippen LogP contribution in [0.15, 0.2) is 16.0 Å². The van der Waals surface area contributed by atoms with Crippen LogP contribution < -0.4 is 0 Å². The SMILES string of the molecule is Cc1noc(CN2CCC(C(=O)N3CCc4sccc4C3)C2)n1. The average Bonchev–Trinajstić information content (AvgIpc) is 3.27. The maximum absolute atomic E-state index is 12.8. The second-order valence-electron chi connectivity index (χ2n) is 6.33. The molecule has 4 heterocycles. The topological polar surface area (TPSA) is 62.5 Å². The van der Waals surface area contributed by atoms with E-state index in [0.29, 0.717) is 24.2 Å². The monoisotopic (exact) mass is 332 g/mol. The Morgan fingerprint density at radius 3 is 3.22 bits per heavy atom. The first-order valence-corrected chi connectivity index (χ1v) is 8.92. The van der Waals surface area contributed by atoms with Crippen molar-refractivity contribution in [3.63, 3.8) is 0 Å². The molecular weight excluding hydrogens is 312 g/mol. The molecule has 0 N–H and O–H groups in total. The van der Waals surface area contributed by atoms with E-state index in [0.717, 1.165) is 39.0 Å². The molecule has 0 aliphatic carbocycles. The molecule has 0 spiro atoms. The van der Waals surface area contributed by atoms with Gasteiger partial charge in [0.1, 0.15) is 0 Å². The van der Waals surface area contributed by atoms with Gasteiger partial charge in [-0.3, -0.25) is 9.69 Å². The fourth-order valence-corrected chi connectivity index (χ4v) is 4.36. The quantitative estimate of drug-likeness (QED) is 0.858. The zero-order valence-electron chi connectivity index (χ0n) is 13.2. The number of fused-ring (bicyclic) bond motifs is 1. The highest BCUT2D eigenvalue weighted by Gasteiger charge is 2.33. The number of carbonyl (C=O) groups is 1. The summed E-state index contributed by atoms with van der Waals surface area (Å²) in [4.78, 5) is 22.7. The summed E-state index contributed by atoms with van der Waals surface area (Å²) in [7, 11) is 0. The number of aromatic nitrogens is 2. The molecule has 7 heteroatoms. The van der Waals surface area contributed by atoms with Crippen LogP contribution in [0.2, 0.25) is 0 Å². The van der Waals surface area contributed by atoms with E-state index in [2.05, 4.69) is 26.5 Å². The number of rotatable bonds is 3. The molecule has 0 radical (unpaired) electrons. The summed E-state index contributed by atoms with van der Waals surface area (Å²) >= 11 is 1.81. The molecule has 2 aliphatic heterocycles. The van der Waals surface area contributed by atoms with Crippen molar-refractivity contribution < 1.29 is 9.32 Å². The number of hydrogen-bond acceptors (Lipinski definition) is 6. The molecule has 2 aromatic heterocycles. The lowest BCUT2D eigenvalue weighted by molar-refractivity contribution is -0.136.